The number of ether oxygens (including phenoxy) is 1. The molecular weight excluding hydrogens is 204 g/mol. The molecule has 0 amide bonds. The summed E-state index contributed by atoms with van der Waals surface area (Å²) in [5.41, 5.74) is 1.45. The molecule has 1 aliphatic rings. The molecule has 16 heavy (non-hydrogen) atoms. The van der Waals surface area contributed by atoms with Gasteiger partial charge in [0, 0.05) is 13.1 Å². The molecule has 0 saturated carbocycles. The van der Waals surface area contributed by atoms with Crippen molar-refractivity contribution in [3.63, 3.8) is 0 Å². The van der Waals surface area contributed by atoms with Crippen molar-refractivity contribution in [2.24, 2.45) is 0 Å². The Morgan fingerprint density at radius 3 is 2.62 bits per heavy atom. The Kier molecular flexibility index (Phi) is 3.39. The molecule has 0 radical (unpaired) electrons. The first-order chi connectivity index (χ1) is 7.81. The van der Waals surface area contributed by atoms with Gasteiger partial charge in [0.2, 0.25) is 0 Å². The summed E-state index contributed by atoms with van der Waals surface area (Å²) >= 11 is 0. The van der Waals surface area contributed by atoms with Crippen molar-refractivity contribution in [1.82, 2.24) is 4.98 Å². The van der Waals surface area contributed by atoms with E-state index >= 15 is 0 Å². The lowest BCUT2D eigenvalue weighted by Crippen LogP contribution is -2.29. The van der Waals surface area contributed by atoms with Gasteiger partial charge in [-0.2, -0.15) is 0 Å². The summed E-state index contributed by atoms with van der Waals surface area (Å²) < 4.78 is 4.61. The molecule has 4 nitrogen and oxygen atoms in total. The lowest BCUT2D eigenvalue weighted by Gasteiger charge is -2.28. The average Bonchev–Trinajstić information content (AvgIpc) is 2.39. The number of nitrogens with zero attached hydrogens (tertiary/aromatic N) is 2. The van der Waals surface area contributed by atoms with Crippen LogP contribution in [0.4, 0.5) is 5.69 Å². The van der Waals surface area contributed by atoms with Crippen molar-refractivity contribution in [2.75, 3.05) is 25.1 Å². The highest BCUT2D eigenvalue weighted by Gasteiger charge is 2.12. The molecule has 1 aromatic heterocycles. The molecule has 86 valence electrons. The fourth-order valence-corrected chi connectivity index (χ4v) is 1.95. The Hall–Kier alpha value is -1.58. The van der Waals surface area contributed by atoms with Gasteiger partial charge in [0.1, 0.15) is 5.69 Å². The summed E-state index contributed by atoms with van der Waals surface area (Å²) in [5, 5.41) is 0. The zero-order valence-corrected chi connectivity index (χ0v) is 9.48. The molecule has 2 rings (SSSR count). The van der Waals surface area contributed by atoms with Crippen LogP contribution in [0.25, 0.3) is 0 Å². The van der Waals surface area contributed by atoms with E-state index in [0.29, 0.717) is 5.69 Å². The van der Waals surface area contributed by atoms with Gasteiger partial charge in [0.15, 0.2) is 0 Å². The number of hydrogen-bond acceptors (Lipinski definition) is 4. The van der Waals surface area contributed by atoms with Crippen LogP contribution >= 0.6 is 0 Å². The number of carbonyl (C=O) groups is 1. The Balaban J connectivity index is 2.09. The number of aromatic nitrogens is 1. The Labute approximate surface area is 95.2 Å². The maximum Gasteiger partial charge on any atom is 0.356 e. The third-order valence-electron chi connectivity index (χ3n) is 2.86. The molecule has 0 bridgehead atoms. The standard InChI is InChI=1S/C12H16N2O2/c1-16-12(15)11-6-5-10(9-13-11)14-7-3-2-4-8-14/h5-6,9H,2-4,7-8H2,1H3. The van der Waals surface area contributed by atoms with Crippen molar-refractivity contribution in [3.8, 4) is 0 Å². The van der Waals surface area contributed by atoms with E-state index in [1.807, 2.05) is 6.07 Å². The molecule has 0 aliphatic carbocycles. The summed E-state index contributed by atoms with van der Waals surface area (Å²) in [4.78, 5) is 17.6. The summed E-state index contributed by atoms with van der Waals surface area (Å²) in [6, 6.07) is 3.65. The van der Waals surface area contributed by atoms with E-state index in [1.165, 1.54) is 26.4 Å². The predicted molar refractivity (Wildman–Crippen MR) is 61.6 cm³/mol. The van der Waals surface area contributed by atoms with Gasteiger partial charge >= 0.3 is 5.97 Å². The normalized spacial score (nSPS) is 15.9. The molecule has 0 aromatic carbocycles. The van der Waals surface area contributed by atoms with E-state index in [9.17, 15) is 4.79 Å². The van der Waals surface area contributed by atoms with Crippen molar-refractivity contribution >= 4 is 11.7 Å². The van der Waals surface area contributed by atoms with E-state index in [-0.39, 0.29) is 5.97 Å². The van der Waals surface area contributed by atoms with Gasteiger partial charge in [-0.15, -0.1) is 0 Å². The van der Waals surface area contributed by atoms with Crippen molar-refractivity contribution in [1.29, 1.82) is 0 Å². The molecule has 1 saturated heterocycles. The molecule has 0 N–H and O–H groups in total. The van der Waals surface area contributed by atoms with E-state index in [1.54, 1.807) is 12.3 Å². The number of rotatable bonds is 2. The highest BCUT2D eigenvalue weighted by molar-refractivity contribution is 5.87. The average molecular weight is 220 g/mol. The number of esters is 1. The first-order valence-electron chi connectivity index (χ1n) is 5.60. The summed E-state index contributed by atoms with van der Waals surface area (Å²) in [5.74, 6) is -0.384. The van der Waals surface area contributed by atoms with E-state index in [4.69, 9.17) is 0 Å². The molecular formula is C12H16N2O2. The summed E-state index contributed by atoms with van der Waals surface area (Å²) in [6.07, 6.45) is 5.53. The van der Waals surface area contributed by atoms with E-state index in [2.05, 4.69) is 14.6 Å². The first-order valence-corrected chi connectivity index (χ1v) is 5.60. The van der Waals surface area contributed by atoms with Crippen LogP contribution in [0.3, 0.4) is 0 Å². The Bertz CT molecular complexity index is 356. The fraction of sp³-hybridized carbons (Fsp3) is 0.500. The van der Waals surface area contributed by atoms with Crippen LogP contribution in [0, 0.1) is 0 Å². The van der Waals surface area contributed by atoms with Crippen LogP contribution in [-0.2, 0) is 4.74 Å². The van der Waals surface area contributed by atoms with Crippen LogP contribution in [0.15, 0.2) is 18.3 Å². The zero-order chi connectivity index (χ0) is 11.4. The monoisotopic (exact) mass is 220 g/mol. The zero-order valence-electron chi connectivity index (χ0n) is 9.48. The lowest BCUT2D eigenvalue weighted by atomic mass is 10.1. The second kappa shape index (κ2) is 4.96. The number of methoxy groups -OCH3 is 1. The van der Waals surface area contributed by atoms with Gasteiger partial charge < -0.3 is 9.64 Å². The largest absolute Gasteiger partial charge is 0.464 e. The van der Waals surface area contributed by atoms with E-state index < -0.39 is 0 Å². The summed E-state index contributed by atoms with van der Waals surface area (Å²) in [7, 11) is 1.36. The quantitative estimate of drug-likeness (QED) is 0.713. The van der Waals surface area contributed by atoms with Crippen LogP contribution in [-0.4, -0.2) is 31.2 Å². The maximum atomic E-state index is 11.2. The highest BCUT2D eigenvalue weighted by atomic mass is 16.5. The van der Waals surface area contributed by atoms with Crippen LogP contribution in [0.1, 0.15) is 29.8 Å². The molecule has 0 unspecified atom stereocenters. The van der Waals surface area contributed by atoms with Gasteiger partial charge in [0.25, 0.3) is 0 Å². The van der Waals surface area contributed by atoms with Crippen LogP contribution in [0.5, 0.6) is 0 Å². The van der Waals surface area contributed by atoms with E-state index in [0.717, 1.165) is 18.8 Å². The number of piperidine rings is 1. The number of pyridine rings is 1. The van der Waals surface area contributed by atoms with Crippen LogP contribution in [0.2, 0.25) is 0 Å². The van der Waals surface area contributed by atoms with Gasteiger partial charge in [-0.3, -0.25) is 0 Å². The van der Waals surface area contributed by atoms with Crippen molar-refractivity contribution in [2.45, 2.75) is 19.3 Å². The number of carbonyl (C=O) groups excluding carboxylic acids is 1. The third kappa shape index (κ3) is 2.32. The second-order valence-electron chi connectivity index (χ2n) is 3.94. The van der Waals surface area contributed by atoms with Crippen molar-refractivity contribution in [3.05, 3.63) is 24.0 Å². The Morgan fingerprint density at radius 2 is 2.06 bits per heavy atom. The van der Waals surface area contributed by atoms with Gasteiger partial charge in [0.05, 0.1) is 19.0 Å². The minimum atomic E-state index is -0.384. The summed E-state index contributed by atoms with van der Waals surface area (Å²) in [6.45, 7) is 2.17. The minimum Gasteiger partial charge on any atom is -0.464 e. The minimum absolute atomic E-state index is 0.364. The molecule has 0 atom stereocenters. The van der Waals surface area contributed by atoms with Crippen LogP contribution < -0.4 is 4.90 Å². The number of hydrogen-bond donors (Lipinski definition) is 0. The molecule has 1 aromatic rings. The molecule has 1 fully saturated rings. The predicted octanol–water partition coefficient (Wildman–Crippen LogP) is 1.86. The van der Waals surface area contributed by atoms with Crippen molar-refractivity contribution < 1.29 is 9.53 Å². The molecule has 2 heterocycles. The Morgan fingerprint density at radius 1 is 1.31 bits per heavy atom. The topological polar surface area (TPSA) is 42.4 Å². The second-order valence-corrected chi connectivity index (χ2v) is 3.94. The molecule has 0 spiro atoms. The lowest BCUT2D eigenvalue weighted by molar-refractivity contribution is 0.0594. The SMILES string of the molecule is COC(=O)c1ccc(N2CCCCC2)cn1. The molecule has 1 aliphatic heterocycles. The first kappa shape index (κ1) is 10.9. The van der Waals surface area contributed by atoms with Gasteiger partial charge in [-0.05, 0) is 31.4 Å². The van der Waals surface area contributed by atoms with Gasteiger partial charge in [-0.25, -0.2) is 9.78 Å². The number of anilines is 1. The third-order valence-corrected chi connectivity index (χ3v) is 2.86. The fourth-order valence-electron chi connectivity index (χ4n) is 1.95. The van der Waals surface area contributed by atoms with Gasteiger partial charge in [-0.1, -0.05) is 0 Å². The smallest absolute Gasteiger partial charge is 0.356 e. The highest BCUT2D eigenvalue weighted by Crippen LogP contribution is 2.18. The molecule has 4 heteroatoms. The maximum absolute atomic E-state index is 11.2.